The molecule has 0 aliphatic rings. The van der Waals surface area contributed by atoms with Crippen molar-refractivity contribution >= 4 is 11.6 Å². The molecule has 4 nitrogen and oxygen atoms in total. The number of ether oxygens (including phenoxy) is 1. The first-order valence-electron chi connectivity index (χ1n) is 10.5. The molecular weight excluding hydrogens is 372 g/mol. The highest BCUT2D eigenvalue weighted by Crippen LogP contribution is 2.29. The van der Waals surface area contributed by atoms with Crippen LogP contribution in [-0.2, 0) is 4.79 Å². The predicted molar refractivity (Wildman–Crippen MR) is 123 cm³/mol. The van der Waals surface area contributed by atoms with Gasteiger partial charge in [-0.05, 0) is 36.1 Å². The molecule has 0 spiro atoms. The van der Waals surface area contributed by atoms with Crippen molar-refractivity contribution in [1.82, 2.24) is 5.32 Å². The minimum atomic E-state index is -0.506. The Labute approximate surface area is 179 Å². The molecule has 2 N–H and O–H groups in total. The van der Waals surface area contributed by atoms with Gasteiger partial charge in [-0.3, -0.25) is 10.1 Å². The molecule has 4 heteroatoms. The third kappa shape index (κ3) is 5.49. The van der Waals surface area contributed by atoms with Crippen LogP contribution in [0, 0.1) is 5.92 Å². The van der Waals surface area contributed by atoms with Gasteiger partial charge in [0, 0.05) is 6.04 Å². The molecule has 30 heavy (non-hydrogen) atoms. The molecule has 2 atom stereocenters. The van der Waals surface area contributed by atoms with Crippen LogP contribution < -0.4 is 15.4 Å². The van der Waals surface area contributed by atoms with Gasteiger partial charge in [0.2, 0.25) is 5.91 Å². The van der Waals surface area contributed by atoms with Crippen molar-refractivity contribution < 1.29 is 9.53 Å². The van der Waals surface area contributed by atoms with Gasteiger partial charge in [-0.2, -0.15) is 0 Å². The van der Waals surface area contributed by atoms with E-state index in [2.05, 4.69) is 36.6 Å². The predicted octanol–water partition coefficient (Wildman–Crippen LogP) is 5.75. The topological polar surface area (TPSA) is 50.4 Å². The number of nitrogens with one attached hydrogen (secondary N) is 2. The molecule has 0 heterocycles. The van der Waals surface area contributed by atoms with Crippen LogP contribution in [0.1, 0.15) is 44.0 Å². The standard InChI is InChI=1S/C26H30N2O2/c1-4-30-23-18-12-11-17-22(23)27-26(29)25(21-15-9-6-10-16-21)28-24(19(2)3)20-13-7-5-8-14-20/h5-19,24-25,28H,4H2,1-3H3,(H,27,29). The van der Waals surface area contributed by atoms with E-state index in [1.54, 1.807) is 0 Å². The van der Waals surface area contributed by atoms with Crippen molar-refractivity contribution in [1.29, 1.82) is 0 Å². The lowest BCUT2D eigenvalue weighted by Crippen LogP contribution is -2.37. The first-order chi connectivity index (χ1) is 14.6. The first kappa shape index (κ1) is 21.6. The van der Waals surface area contributed by atoms with E-state index in [-0.39, 0.29) is 11.9 Å². The van der Waals surface area contributed by atoms with Gasteiger partial charge in [-0.25, -0.2) is 0 Å². The van der Waals surface area contributed by atoms with Gasteiger partial charge in [0.1, 0.15) is 11.8 Å². The normalized spacial score (nSPS) is 12.9. The van der Waals surface area contributed by atoms with E-state index in [1.807, 2.05) is 79.7 Å². The molecule has 0 saturated heterocycles. The summed E-state index contributed by atoms with van der Waals surface area (Å²) in [5.74, 6) is 0.862. The van der Waals surface area contributed by atoms with E-state index < -0.39 is 6.04 Å². The van der Waals surface area contributed by atoms with E-state index in [0.717, 1.165) is 11.1 Å². The summed E-state index contributed by atoms with van der Waals surface area (Å²) in [5.41, 5.74) is 2.76. The number of amides is 1. The van der Waals surface area contributed by atoms with Gasteiger partial charge >= 0.3 is 0 Å². The maximum Gasteiger partial charge on any atom is 0.246 e. The molecule has 0 bridgehead atoms. The van der Waals surface area contributed by atoms with Gasteiger partial charge in [-0.15, -0.1) is 0 Å². The third-order valence-corrected chi connectivity index (χ3v) is 5.01. The zero-order chi connectivity index (χ0) is 21.3. The molecule has 3 rings (SSSR count). The molecule has 0 aromatic heterocycles. The third-order valence-electron chi connectivity index (χ3n) is 5.01. The maximum atomic E-state index is 13.4. The van der Waals surface area contributed by atoms with Crippen LogP contribution in [0.25, 0.3) is 0 Å². The van der Waals surface area contributed by atoms with E-state index in [0.29, 0.717) is 24.0 Å². The summed E-state index contributed by atoms with van der Waals surface area (Å²) < 4.78 is 5.68. The summed E-state index contributed by atoms with van der Waals surface area (Å²) in [7, 11) is 0. The fourth-order valence-corrected chi connectivity index (χ4v) is 3.54. The molecule has 0 fully saturated rings. The second kappa shape index (κ2) is 10.6. The number of para-hydroxylation sites is 2. The zero-order valence-electron chi connectivity index (χ0n) is 17.8. The number of carbonyl (C=O) groups excluding carboxylic acids is 1. The van der Waals surface area contributed by atoms with E-state index >= 15 is 0 Å². The Hall–Kier alpha value is -3.11. The Kier molecular flexibility index (Phi) is 7.63. The summed E-state index contributed by atoms with van der Waals surface area (Å²) >= 11 is 0. The van der Waals surface area contributed by atoms with Gasteiger partial charge < -0.3 is 10.1 Å². The fourth-order valence-electron chi connectivity index (χ4n) is 3.54. The first-order valence-corrected chi connectivity index (χ1v) is 10.5. The molecule has 3 aromatic rings. The number of anilines is 1. The fraction of sp³-hybridized carbons (Fsp3) is 0.269. The van der Waals surface area contributed by atoms with Crippen LogP contribution in [-0.4, -0.2) is 12.5 Å². The highest BCUT2D eigenvalue weighted by atomic mass is 16.5. The molecule has 0 aliphatic heterocycles. The Morgan fingerprint density at radius 3 is 2.00 bits per heavy atom. The second-order valence-electron chi connectivity index (χ2n) is 7.56. The number of hydrogen-bond acceptors (Lipinski definition) is 3. The molecule has 0 radical (unpaired) electrons. The van der Waals surface area contributed by atoms with Gasteiger partial charge in [0.25, 0.3) is 0 Å². The molecule has 156 valence electrons. The highest BCUT2D eigenvalue weighted by Gasteiger charge is 2.27. The second-order valence-corrected chi connectivity index (χ2v) is 7.56. The average Bonchev–Trinajstić information content (AvgIpc) is 2.77. The summed E-state index contributed by atoms with van der Waals surface area (Å²) in [6, 6.07) is 27.1. The lowest BCUT2D eigenvalue weighted by molar-refractivity contribution is -0.118. The van der Waals surface area contributed by atoms with Crippen molar-refractivity contribution in [2.45, 2.75) is 32.9 Å². The monoisotopic (exact) mass is 402 g/mol. The molecular formula is C26H30N2O2. The number of carbonyl (C=O) groups is 1. The molecule has 0 aliphatic carbocycles. The van der Waals surface area contributed by atoms with Crippen LogP contribution in [0.2, 0.25) is 0 Å². The van der Waals surface area contributed by atoms with Crippen molar-refractivity contribution in [2.24, 2.45) is 5.92 Å². The zero-order valence-corrected chi connectivity index (χ0v) is 17.8. The summed E-state index contributed by atoms with van der Waals surface area (Å²) in [6.45, 7) is 6.79. The Morgan fingerprint density at radius 2 is 1.40 bits per heavy atom. The highest BCUT2D eigenvalue weighted by molar-refractivity contribution is 5.96. The summed E-state index contributed by atoms with van der Waals surface area (Å²) in [5, 5.41) is 6.67. The lowest BCUT2D eigenvalue weighted by atomic mass is 9.93. The molecule has 2 unspecified atom stereocenters. The average molecular weight is 403 g/mol. The van der Waals surface area contributed by atoms with Crippen molar-refractivity contribution in [3.8, 4) is 5.75 Å². The Balaban J connectivity index is 1.90. The molecule has 1 amide bonds. The minimum Gasteiger partial charge on any atom is -0.492 e. The van der Waals surface area contributed by atoms with Crippen LogP contribution in [0.4, 0.5) is 5.69 Å². The van der Waals surface area contributed by atoms with Gasteiger partial charge in [0.15, 0.2) is 0 Å². The van der Waals surface area contributed by atoms with Gasteiger partial charge in [-0.1, -0.05) is 86.6 Å². The quantitative estimate of drug-likeness (QED) is 0.479. The van der Waals surface area contributed by atoms with Crippen LogP contribution in [0.3, 0.4) is 0 Å². The Morgan fingerprint density at radius 1 is 0.833 bits per heavy atom. The number of hydrogen-bond donors (Lipinski definition) is 2. The minimum absolute atomic E-state index is 0.0318. The summed E-state index contributed by atoms with van der Waals surface area (Å²) in [4.78, 5) is 13.4. The molecule has 3 aromatic carbocycles. The van der Waals surface area contributed by atoms with E-state index in [9.17, 15) is 4.79 Å². The SMILES string of the molecule is CCOc1ccccc1NC(=O)C(NC(c1ccccc1)C(C)C)c1ccccc1. The van der Waals surface area contributed by atoms with E-state index in [4.69, 9.17) is 4.74 Å². The number of rotatable bonds is 9. The lowest BCUT2D eigenvalue weighted by Gasteiger charge is -2.29. The van der Waals surface area contributed by atoms with Crippen molar-refractivity contribution in [3.63, 3.8) is 0 Å². The van der Waals surface area contributed by atoms with Crippen molar-refractivity contribution in [3.05, 3.63) is 96.1 Å². The largest absolute Gasteiger partial charge is 0.492 e. The smallest absolute Gasteiger partial charge is 0.246 e. The maximum absolute atomic E-state index is 13.4. The van der Waals surface area contributed by atoms with Crippen LogP contribution in [0.5, 0.6) is 5.75 Å². The van der Waals surface area contributed by atoms with Crippen LogP contribution >= 0.6 is 0 Å². The summed E-state index contributed by atoms with van der Waals surface area (Å²) in [6.07, 6.45) is 0. The van der Waals surface area contributed by atoms with Crippen LogP contribution in [0.15, 0.2) is 84.9 Å². The molecule has 0 saturated carbocycles. The van der Waals surface area contributed by atoms with Gasteiger partial charge in [0.05, 0.1) is 12.3 Å². The Bertz CT molecular complexity index is 926. The van der Waals surface area contributed by atoms with Crippen molar-refractivity contribution in [2.75, 3.05) is 11.9 Å². The van der Waals surface area contributed by atoms with E-state index in [1.165, 1.54) is 0 Å². The number of benzene rings is 3.